The molecule has 0 aromatic heterocycles. The van der Waals surface area contributed by atoms with Crippen molar-refractivity contribution >= 4 is 6.09 Å². The molecule has 0 radical (unpaired) electrons. The lowest BCUT2D eigenvalue weighted by Gasteiger charge is -2.31. The molecule has 0 fully saturated rings. The van der Waals surface area contributed by atoms with Crippen molar-refractivity contribution in [2.45, 2.75) is 39.3 Å². The lowest BCUT2D eigenvalue weighted by molar-refractivity contribution is 0.0222. The van der Waals surface area contributed by atoms with Crippen LogP contribution in [-0.4, -0.2) is 28.2 Å². The van der Waals surface area contributed by atoms with Gasteiger partial charge in [-0.25, -0.2) is 9.18 Å². The molecular formula is C14H18FNO3. The number of carbonyl (C=O) groups excluding carboxylic acids is 1. The van der Waals surface area contributed by atoms with Crippen LogP contribution in [0, 0.1) is 5.82 Å². The number of phenolic OH excluding ortho intramolecular Hbond substituents is 1. The number of fused-ring (bicyclic) bond motifs is 1. The summed E-state index contributed by atoms with van der Waals surface area (Å²) < 4.78 is 19.0. The summed E-state index contributed by atoms with van der Waals surface area (Å²) in [6.45, 7) is 6.02. The maximum absolute atomic E-state index is 13.8. The Labute approximate surface area is 111 Å². The van der Waals surface area contributed by atoms with Crippen molar-refractivity contribution in [2.24, 2.45) is 0 Å². The van der Waals surface area contributed by atoms with Crippen LogP contribution in [-0.2, 0) is 17.7 Å². The number of benzene rings is 1. The van der Waals surface area contributed by atoms with Crippen LogP contribution in [0.1, 0.15) is 31.9 Å². The molecule has 0 unspecified atom stereocenters. The average molecular weight is 267 g/mol. The fraction of sp³-hybridized carbons (Fsp3) is 0.500. The molecule has 2 rings (SSSR count). The first-order valence-electron chi connectivity index (χ1n) is 6.24. The zero-order valence-corrected chi connectivity index (χ0v) is 11.4. The smallest absolute Gasteiger partial charge is 0.410 e. The van der Waals surface area contributed by atoms with E-state index in [4.69, 9.17) is 4.74 Å². The molecule has 0 spiro atoms. The number of nitrogens with zero attached hydrogens (tertiary/aromatic N) is 1. The number of amides is 1. The lowest BCUT2D eigenvalue weighted by Crippen LogP contribution is -2.40. The molecule has 1 amide bonds. The Kier molecular flexibility index (Phi) is 3.39. The van der Waals surface area contributed by atoms with Crippen molar-refractivity contribution in [3.05, 3.63) is 29.1 Å². The lowest BCUT2D eigenvalue weighted by atomic mass is 9.99. The molecule has 1 heterocycles. The minimum absolute atomic E-state index is 0.0815. The van der Waals surface area contributed by atoms with Gasteiger partial charge in [-0.3, -0.25) is 0 Å². The van der Waals surface area contributed by atoms with Gasteiger partial charge in [-0.15, -0.1) is 0 Å². The minimum atomic E-state index is -0.565. The van der Waals surface area contributed by atoms with E-state index in [2.05, 4.69) is 0 Å². The first kappa shape index (κ1) is 13.6. The molecular weight excluding hydrogens is 249 g/mol. The number of aromatic hydroxyl groups is 1. The number of hydrogen-bond acceptors (Lipinski definition) is 3. The topological polar surface area (TPSA) is 49.8 Å². The molecule has 1 aliphatic heterocycles. The Morgan fingerprint density at radius 3 is 2.74 bits per heavy atom. The van der Waals surface area contributed by atoms with Crippen molar-refractivity contribution in [1.29, 1.82) is 0 Å². The molecule has 1 aliphatic rings. The first-order chi connectivity index (χ1) is 8.76. The van der Waals surface area contributed by atoms with Crippen LogP contribution in [0.25, 0.3) is 0 Å². The van der Waals surface area contributed by atoms with Gasteiger partial charge < -0.3 is 14.7 Å². The van der Waals surface area contributed by atoms with E-state index in [1.54, 1.807) is 26.8 Å². The van der Waals surface area contributed by atoms with Crippen molar-refractivity contribution in [1.82, 2.24) is 4.90 Å². The van der Waals surface area contributed by atoms with E-state index in [0.29, 0.717) is 18.5 Å². The van der Waals surface area contributed by atoms with Crippen LogP contribution < -0.4 is 0 Å². The van der Waals surface area contributed by atoms with E-state index >= 15 is 0 Å². The highest BCUT2D eigenvalue weighted by Crippen LogP contribution is 2.27. The summed E-state index contributed by atoms with van der Waals surface area (Å²) in [4.78, 5) is 13.4. The fourth-order valence-electron chi connectivity index (χ4n) is 2.09. The average Bonchev–Trinajstić information content (AvgIpc) is 2.25. The highest BCUT2D eigenvalue weighted by Gasteiger charge is 2.27. The molecule has 4 nitrogen and oxygen atoms in total. The maximum atomic E-state index is 13.8. The van der Waals surface area contributed by atoms with Gasteiger partial charge in [0.2, 0.25) is 0 Å². The quantitative estimate of drug-likeness (QED) is 0.786. The molecule has 1 aromatic carbocycles. The van der Waals surface area contributed by atoms with E-state index in [9.17, 15) is 14.3 Å². The summed E-state index contributed by atoms with van der Waals surface area (Å²) in [5.41, 5.74) is 0.637. The maximum Gasteiger partial charge on any atom is 0.410 e. The minimum Gasteiger partial charge on any atom is -0.508 e. The van der Waals surface area contributed by atoms with Gasteiger partial charge in [-0.1, -0.05) is 0 Å². The highest BCUT2D eigenvalue weighted by molar-refractivity contribution is 5.68. The molecule has 1 aromatic rings. The van der Waals surface area contributed by atoms with Gasteiger partial charge in [-0.2, -0.15) is 0 Å². The molecule has 0 bridgehead atoms. The fourth-order valence-corrected chi connectivity index (χ4v) is 2.09. The van der Waals surface area contributed by atoms with Gasteiger partial charge in [0.15, 0.2) is 0 Å². The first-order valence-corrected chi connectivity index (χ1v) is 6.24. The number of rotatable bonds is 0. The normalized spacial score (nSPS) is 15.1. The summed E-state index contributed by atoms with van der Waals surface area (Å²) in [6, 6.07) is 2.61. The van der Waals surface area contributed by atoms with Crippen molar-refractivity contribution in [2.75, 3.05) is 6.54 Å². The summed E-state index contributed by atoms with van der Waals surface area (Å²) in [6.07, 6.45) is 0.0745. The third-order valence-corrected chi connectivity index (χ3v) is 2.92. The Morgan fingerprint density at radius 2 is 2.11 bits per heavy atom. The van der Waals surface area contributed by atoms with E-state index < -0.39 is 17.5 Å². The van der Waals surface area contributed by atoms with E-state index in [1.165, 1.54) is 4.90 Å². The molecule has 5 heteroatoms. The Bertz CT molecular complexity index is 508. The SMILES string of the molecule is CC(C)(C)OC(=O)N1CCc2cc(O)cc(F)c2C1. The third kappa shape index (κ3) is 3.16. The Morgan fingerprint density at radius 1 is 1.42 bits per heavy atom. The van der Waals surface area contributed by atoms with Gasteiger partial charge >= 0.3 is 6.09 Å². The number of halogens is 1. The Hall–Kier alpha value is -1.78. The van der Waals surface area contributed by atoms with Gasteiger partial charge in [-0.05, 0) is 38.8 Å². The van der Waals surface area contributed by atoms with Crippen LogP contribution in [0.15, 0.2) is 12.1 Å². The largest absolute Gasteiger partial charge is 0.508 e. The number of ether oxygens (including phenoxy) is 1. The van der Waals surface area contributed by atoms with Crippen LogP contribution in [0.4, 0.5) is 9.18 Å². The standard InChI is InChI=1S/C14H18FNO3/c1-14(2,3)19-13(18)16-5-4-9-6-10(17)7-12(15)11(9)8-16/h6-7,17H,4-5,8H2,1-3H3. The third-order valence-electron chi connectivity index (χ3n) is 2.92. The van der Waals surface area contributed by atoms with E-state index in [1.807, 2.05) is 0 Å². The summed E-state index contributed by atoms with van der Waals surface area (Å²) in [5, 5.41) is 9.35. The summed E-state index contributed by atoms with van der Waals surface area (Å²) in [5.74, 6) is -0.565. The summed E-state index contributed by atoms with van der Waals surface area (Å²) in [7, 11) is 0. The van der Waals surface area contributed by atoms with Crippen LogP contribution in [0.5, 0.6) is 5.75 Å². The zero-order chi connectivity index (χ0) is 14.2. The molecule has 0 aliphatic carbocycles. The number of hydrogen-bond donors (Lipinski definition) is 1. The highest BCUT2D eigenvalue weighted by atomic mass is 19.1. The van der Waals surface area contributed by atoms with Gasteiger partial charge in [0.05, 0.1) is 6.54 Å². The van der Waals surface area contributed by atoms with Crippen molar-refractivity contribution in [3.8, 4) is 5.75 Å². The van der Waals surface area contributed by atoms with Crippen molar-refractivity contribution < 1.29 is 19.0 Å². The van der Waals surface area contributed by atoms with Gasteiger partial charge in [0.1, 0.15) is 17.2 Å². The monoisotopic (exact) mass is 267 g/mol. The predicted octanol–water partition coefficient (Wildman–Crippen LogP) is 2.82. The van der Waals surface area contributed by atoms with Gasteiger partial charge in [0, 0.05) is 18.2 Å². The predicted molar refractivity (Wildman–Crippen MR) is 68.4 cm³/mol. The molecule has 0 saturated heterocycles. The number of carbonyl (C=O) groups is 1. The van der Waals surface area contributed by atoms with Gasteiger partial charge in [0.25, 0.3) is 0 Å². The van der Waals surface area contributed by atoms with Crippen LogP contribution >= 0.6 is 0 Å². The Balaban J connectivity index is 2.16. The summed E-state index contributed by atoms with van der Waals surface area (Å²) >= 11 is 0. The zero-order valence-electron chi connectivity index (χ0n) is 11.4. The second-order valence-electron chi connectivity index (χ2n) is 5.72. The molecule has 19 heavy (non-hydrogen) atoms. The second-order valence-corrected chi connectivity index (χ2v) is 5.72. The van der Waals surface area contributed by atoms with E-state index in [-0.39, 0.29) is 12.3 Å². The molecule has 0 atom stereocenters. The molecule has 1 N–H and O–H groups in total. The van der Waals surface area contributed by atoms with E-state index in [0.717, 1.165) is 11.6 Å². The van der Waals surface area contributed by atoms with Crippen LogP contribution in [0.3, 0.4) is 0 Å². The number of phenols is 1. The van der Waals surface area contributed by atoms with Crippen LogP contribution in [0.2, 0.25) is 0 Å². The molecule has 0 saturated carbocycles. The van der Waals surface area contributed by atoms with Crippen molar-refractivity contribution in [3.63, 3.8) is 0 Å². The molecule has 104 valence electrons. The second kappa shape index (κ2) is 4.72.